The minimum atomic E-state index is 0.656. The number of hydrogen-bond donors (Lipinski definition) is 0. The molecule has 0 amide bonds. The third-order valence-electron chi connectivity index (χ3n) is 6.52. The van der Waals surface area contributed by atoms with Crippen molar-refractivity contribution in [1.29, 1.82) is 5.26 Å². The molecule has 0 N–H and O–H groups in total. The quantitative estimate of drug-likeness (QED) is 0.431. The van der Waals surface area contributed by atoms with Crippen LogP contribution in [-0.4, -0.2) is 63.4 Å². The van der Waals surface area contributed by atoms with Crippen molar-refractivity contribution in [2.75, 3.05) is 38.6 Å². The summed E-state index contributed by atoms with van der Waals surface area (Å²) in [5, 5.41) is 21.7. The van der Waals surface area contributed by atoms with Crippen molar-refractivity contribution in [2.45, 2.75) is 6.54 Å². The van der Waals surface area contributed by atoms with Gasteiger partial charge in [-0.05, 0) is 72.0 Å². The van der Waals surface area contributed by atoms with Gasteiger partial charge in [0.25, 0.3) is 0 Å². The fourth-order valence-corrected chi connectivity index (χ4v) is 4.93. The Kier molecular flexibility index (Phi) is 4.52. The molecule has 8 heteroatoms. The van der Waals surface area contributed by atoms with Gasteiger partial charge in [-0.1, -0.05) is 12.1 Å². The molecular weight excluding hydrogens is 412 g/mol. The van der Waals surface area contributed by atoms with Crippen LogP contribution < -0.4 is 4.90 Å². The highest BCUT2D eigenvalue weighted by molar-refractivity contribution is 5.72. The maximum absolute atomic E-state index is 9.09. The highest BCUT2D eigenvalue weighted by Gasteiger charge is 2.29. The van der Waals surface area contributed by atoms with Crippen molar-refractivity contribution >= 4 is 5.69 Å². The van der Waals surface area contributed by atoms with Gasteiger partial charge in [0.1, 0.15) is 0 Å². The molecule has 164 valence electrons. The predicted octanol–water partition coefficient (Wildman–Crippen LogP) is 3.03. The Morgan fingerprint density at radius 3 is 2.64 bits per heavy atom. The first-order valence-corrected chi connectivity index (χ1v) is 11.1. The van der Waals surface area contributed by atoms with Gasteiger partial charge in [0, 0.05) is 49.5 Å². The monoisotopic (exact) mass is 436 g/mol. The molecule has 0 unspecified atom stereocenters. The summed E-state index contributed by atoms with van der Waals surface area (Å²) in [5.74, 6) is 1.45. The Bertz CT molecular complexity index is 1370. The maximum Gasteiger partial charge on any atom is 0.203 e. The summed E-state index contributed by atoms with van der Waals surface area (Å²) in [4.78, 5) is 4.70. The van der Waals surface area contributed by atoms with Crippen LogP contribution in [0.25, 0.3) is 28.3 Å². The van der Waals surface area contributed by atoms with Gasteiger partial charge in [0.15, 0.2) is 0 Å². The smallest absolute Gasteiger partial charge is 0.203 e. The lowest BCUT2D eigenvalue weighted by atomic mass is 9.98. The molecule has 33 heavy (non-hydrogen) atoms. The van der Waals surface area contributed by atoms with Crippen LogP contribution in [-0.2, 0) is 6.54 Å². The van der Waals surface area contributed by atoms with Crippen LogP contribution in [0.4, 0.5) is 5.69 Å². The number of benzene rings is 2. The second-order valence-electron chi connectivity index (χ2n) is 9.19. The van der Waals surface area contributed by atoms with E-state index in [1.54, 1.807) is 0 Å². The summed E-state index contributed by atoms with van der Waals surface area (Å²) in [6.45, 7) is 4.03. The number of fused-ring (bicyclic) bond motifs is 5. The molecule has 2 aromatic carbocycles. The Labute approximate surface area is 192 Å². The van der Waals surface area contributed by atoms with Crippen molar-refractivity contribution in [3.63, 3.8) is 0 Å². The average Bonchev–Trinajstić information content (AvgIpc) is 3.41. The van der Waals surface area contributed by atoms with Crippen LogP contribution in [0.2, 0.25) is 0 Å². The number of nitrogens with zero attached hydrogens (tertiary/aromatic N) is 8. The first-order valence-electron chi connectivity index (χ1n) is 11.1. The second kappa shape index (κ2) is 7.57. The molecule has 1 saturated heterocycles. The summed E-state index contributed by atoms with van der Waals surface area (Å²) >= 11 is 0. The third kappa shape index (κ3) is 3.38. The molecule has 0 radical (unpaired) electrons. The van der Waals surface area contributed by atoms with E-state index in [1.807, 2.05) is 28.9 Å². The maximum atomic E-state index is 9.09. The Morgan fingerprint density at radius 2 is 1.88 bits per heavy atom. The van der Waals surface area contributed by atoms with Crippen LogP contribution in [0.1, 0.15) is 11.1 Å². The van der Waals surface area contributed by atoms with E-state index in [1.165, 1.54) is 11.3 Å². The summed E-state index contributed by atoms with van der Waals surface area (Å²) in [7, 11) is 4.27. The lowest BCUT2D eigenvalue weighted by Gasteiger charge is -2.42. The zero-order valence-electron chi connectivity index (χ0n) is 18.7. The molecule has 4 aromatic rings. The molecular formula is C25H24N8. The SMILES string of the molecule is CN(C)CC1CN(c2ccc3c(c2)Cn2cc(-c4ccc(C#N)cc4)cc2-c2nnnn2-3)C1. The number of anilines is 1. The van der Waals surface area contributed by atoms with Gasteiger partial charge in [-0.2, -0.15) is 9.94 Å². The lowest BCUT2D eigenvalue weighted by Crippen LogP contribution is -2.50. The van der Waals surface area contributed by atoms with Crippen LogP contribution in [0.5, 0.6) is 0 Å². The van der Waals surface area contributed by atoms with Crippen molar-refractivity contribution in [1.82, 2.24) is 29.7 Å². The highest BCUT2D eigenvalue weighted by atomic mass is 15.5. The normalized spacial score (nSPS) is 14.8. The summed E-state index contributed by atoms with van der Waals surface area (Å²) in [5.41, 5.74) is 7.25. The summed E-state index contributed by atoms with van der Waals surface area (Å²) in [6, 6.07) is 18.6. The fraction of sp³-hybridized carbons (Fsp3) is 0.280. The molecule has 0 bridgehead atoms. The number of hydrogen-bond acceptors (Lipinski definition) is 6. The van der Waals surface area contributed by atoms with Gasteiger partial charge in [-0.3, -0.25) is 0 Å². The van der Waals surface area contributed by atoms with E-state index in [0.29, 0.717) is 5.56 Å². The molecule has 2 aliphatic heterocycles. The number of nitriles is 1. The minimum Gasteiger partial charge on any atom is -0.371 e. The van der Waals surface area contributed by atoms with E-state index in [9.17, 15) is 0 Å². The number of aromatic nitrogens is 5. The van der Waals surface area contributed by atoms with Crippen molar-refractivity contribution < 1.29 is 0 Å². The molecule has 0 atom stereocenters. The molecule has 0 aliphatic carbocycles. The Hall–Kier alpha value is -3.96. The van der Waals surface area contributed by atoms with E-state index >= 15 is 0 Å². The summed E-state index contributed by atoms with van der Waals surface area (Å²) in [6.07, 6.45) is 2.15. The van der Waals surface area contributed by atoms with Crippen LogP contribution >= 0.6 is 0 Å². The van der Waals surface area contributed by atoms with Crippen LogP contribution in [0.15, 0.2) is 54.7 Å². The third-order valence-corrected chi connectivity index (χ3v) is 6.52. The van der Waals surface area contributed by atoms with Gasteiger partial charge in [0.05, 0.1) is 23.0 Å². The zero-order chi connectivity index (χ0) is 22.5. The van der Waals surface area contributed by atoms with Crippen molar-refractivity contribution in [2.24, 2.45) is 5.92 Å². The first-order chi connectivity index (χ1) is 16.1. The average molecular weight is 437 g/mol. The Balaban J connectivity index is 1.35. The topological polar surface area (TPSA) is 78.8 Å². The van der Waals surface area contributed by atoms with Gasteiger partial charge >= 0.3 is 0 Å². The second-order valence-corrected chi connectivity index (χ2v) is 9.19. The molecule has 6 rings (SSSR count). The largest absolute Gasteiger partial charge is 0.371 e. The van der Waals surface area contributed by atoms with Gasteiger partial charge in [-0.25, -0.2) is 0 Å². The first kappa shape index (κ1) is 19.7. The lowest BCUT2D eigenvalue weighted by molar-refractivity contribution is 0.283. The Morgan fingerprint density at radius 1 is 1.06 bits per heavy atom. The highest BCUT2D eigenvalue weighted by Crippen LogP contribution is 2.35. The molecule has 1 fully saturated rings. The van der Waals surface area contributed by atoms with Gasteiger partial charge in [-0.15, -0.1) is 5.10 Å². The zero-order valence-corrected chi connectivity index (χ0v) is 18.7. The standard InChI is InChI=1S/C25H24N8/c1-30(2)12-18-13-31(14-18)22-7-8-23-21(9-22)16-32-15-20(19-5-3-17(11-26)4-6-19)10-24(32)25-27-28-29-33(23)25/h3-10,15,18H,12-14,16H2,1-2H3. The molecule has 2 aliphatic rings. The summed E-state index contributed by atoms with van der Waals surface area (Å²) < 4.78 is 4.06. The number of rotatable bonds is 4. The number of tetrazole rings is 1. The van der Waals surface area contributed by atoms with Crippen LogP contribution in [0.3, 0.4) is 0 Å². The van der Waals surface area contributed by atoms with E-state index in [4.69, 9.17) is 5.26 Å². The molecule has 0 saturated carbocycles. The van der Waals surface area contributed by atoms with Crippen LogP contribution in [0, 0.1) is 17.2 Å². The molecule has 2 aromatic heterocycles. The predicted molar refractivity (Wildman–Crippen MR) is 126 cm³/mol. The van der Waals surface area contributed by atoms with Gasteiger partial charge in [0.2, 0.25) is 5.82 Å². The minimum absolute atomic E-state index is 0.656. The van der Waals surface area contributed by atoms with Crippen molar-refractivity contribution in [3.8, 4) is 34.4 Å². The van der Waals surface area contributed by atoms with E-state index in [2.05, 4.69) is 80.5 Å². The molecule has 8 nitrogen and oxygen atoms in total. The van der Waals surface area contributed by atoms with Gasteiger partial charge < -0.3 is 14.4 Å². The van der Waals surface area contributed by atoms with E-state index in [0.717, 1.165) is 60.4 Å². The van der Waals surface area contributed by atoms with Crippen molar-refractivity contribution in [3.05, 3.63) is 65.9 Å². The van der Waals surface area contributed by atoms with E-state index < -0.39 is 0 Å². The molecule has 0 spiro atoms. The fourth-order valence-electron chi connectivity index (χ4n) is 4.93. The van der Waals surface area contributed by atoms with E-state index in [-0.39, 0.29) is 0 Å². The molecule has 4 heterocycles.